The molecule has 2 amide bonds. The number of carbonyl (C=O) groups is 1. The molecule has 0 radical (unpaired) electrons. The van der Waals surface area contributed by atoms with Crippen LogP contribution < -0.4 is 5.32 Å². The molecule has 1 saturated carbocycles. The van der Waals surface area contributed by atoms with E-state index in [0.29, 0.717) is 19.0 Å². The van der Waals surface area contributed by atoms with Gasteiger partial charge in [-0.1, -0.05) is 25.8 Å². The van der Waals surface area contributed by atoms with Crippen molar-refractivity contribution >= 4 is 16.1 Å². The summed E-state index contributed by atoms with van der Waals surface area (Å²) in [6.45, 7) is 3.26. The Morgan fingerprint density at radius 3 is 2.50 bits per heavy atom. The Labute approximate surface area is 154 Å². The lowest BCUT2D eigenvalue weighted by atomic mass is 9.86. The number of hydrogen-bond donors (Lipinski definition) is 1. The van der Waals surface area contributed by atoms with Gasteiger partial charge in [-0.25, -0.2) is 17.6 Å². The van der Waals surface area contributed by atoms with Crippen molar-refractivity contribution in [3.63, 3.8) is 0 Å². The first-order chi connectivity index (χ1) is 12.4. The van der Waals surface area contributed by atoms with Crippen molar-refractivity contribution < 1.29 is 17.6 Å². The number of halogens is 1. The van der Waals surface area contributed by atoms with Crippen LogP contribution in [0.5, 0.6) is 0 Å². The number of benzene rings is 1. The Morgan fingerprint density at radius 1 is 1.15 bits per heavy atom. The van der Waals surface area contributed by atoms with Crippen molar-refractivity contribution in [3.05, 3.63) is 30.1 Å². The number of nitrogens with one attached hydrogen (secondary N) is 1. The SMILES string of the molecule is C[C@H]1CCCC[C@H]1NC(=O)N1CCN(S(=O)(=O)c2cccc(F)c2)CC1. The van der Waals surface area contributed by atoms with Gasteiger partial charge in [0.05, 0.1) is 4.90 Å². The molecular formula is C18H26FN3O3S. The fourth-order valence-corrected chi connectivity index (χ4v) is 5.14. The average molecular weight is 383 g/mol. The van der Waals surface area contributed by atoms with E-state index < -0.39 is 15.8 Å². The van der Waals surface area contributed by atoms with E-state index in [1.807, 2.05) is 0 Å². The fraction of sp³-hybridized carbons (Fsp3) is 0.611. The van der Waals surface area contributed by atoms with Crippen LogP contribution in [0.25, 0.3) is 0 Å². The van der Waals surface area contributed by atoms with Gasteiger partial charge >= 0.3 is 6.03 Å². The fourth-order valence-electron chi connectivity index (χ4n) is 3.69. The van der Waals surface area contributed by atoms with E-state index in [-0.39, 0.29) is 30.1 Å². The van der Waals surface area contributed by atoms with E-state index in [4.69, 9.17) is 0 Å². The van der Waals surface area contributed by atoms with Crippen LogP contribution in [-0.2, 0) is 10.0 Å². The zero-order valence-electron chi connectivity index (χ0n) is 15.0. The van der Waals surface area contributed by atoms with E-state index in [0.717, 1.165) is 25.3 Å². The molecule has 1 heterocycles. The molecular weight excluding hydrogens is 357 g/mol. The summed E-state index contributed by atoms with van der Waals surface area (Å²) in [4.78, 5) is 14.1. The highest BCUT2D eigenvalue weighted by atomic mass is 32.2. The summed E-state index contributed by atoms with van der Waals surface area (Å²) in [5, 5.41) is 3.10. The molecule has 26 heavy (non-hydrogen) atoms. The molecule has 0 aromatic heterocycles. The van der Waals surface area contributed by atoms with Crippen molar-refractivity contribution in [2.75, 3.05) is 26.2 Å². The van der Waals surface area contributed by atoms with Gasteiger partial charge in [0.1, 0.15) is 5.82 Å². The zero-order valence-corrected chi connectivity index (χ0v) is 15.8. The minimum Gasteiger partial charge on any atom is -0.335 e. The van der Waals surface area contributed by atoms with E-state index in [9.17, 15) is 17.6 Å². The molecule has 3 rings (SSSR count). The highest BCUT2D eigenvalue weighted by molar-refractivity contribution is 7.89. The molecule has 144 valence electrons. The zero-order chi connectivity index (χ0) is 18.7. The molecule has 1 aromatic rings. The lowest BCUT2D eigenvalue weighted by Crippen LogP contribution is -2.55. The molecule has 0 unspecified atom stereocenters. The summed E-state index contributed by atoms with van der Waals surface area (Å²) in [6, 6.07) is 5.10. The topological polar surface area (TPSA) is 69.7 Å². The molecule has 1 aromatic carbocycles. The molecule has 2 aliphatic rings. The number of sulfonamides is 1. The Kier molecular flexibility index (Phi) is 5.82. The highest BCUT2D eigenvalue weighted by Crippen LogP contribution is 2.24. The number of carbonyl (C=O) groups excluding carboxylic acids is 1. The van der Waals surface area contributed by atoms with Gasteiger partial charge in [0, 0.05) is 32.2 Å². The lowest BCUT2D eigenvalue weighted by Gasteiger charge is -2.36. The second-order valence-corrected chi connectivity index (χ2v) is 9.10. The number of amides is 2. The maximum atomic E-state index is 13.3. The van der Waals surface area contributed by atoms with Gasteiger partial charge in [0.2, 0.25) is 10.0 Å². The summed E-state index contributed by atoms with van der Waals surface area (Å²) in [6.07, 6.45) is 4.48. The van der Waals surface area contributed by atoms with Gasteiger partial charge in [-0.15, -0.1) is 0 Å². The van der Waals surface area contributed by atoms with Crippen LogP contribution in [-0.4, -0.2) is 55.9 Å². The third kappa shape index (κ3) is 4.17. The monoisotopic (exact) mass is 383 g/mol. The molecule has 1 N–H and O–H groups in total. The predicted molar refractivity (Wildman–Crippen MR) is 96.7 cm³/mol. The van der Waals surface area contributed by atoms with E-state index in [2.05, 4.69) is 12.2 Å². The molecule has 1 aliphatic carbocycles. The molecule has 0 spiro atoms. The second-order valence-electron chi connectivity index (χ2n) is 7.17. The van der Waals surface area contributed by atoms with Crippen LogP contribution in [0.1, 0.15) is 32.6 Å². The van der Waals surface area contributed by atoms with Crippen LogP contribution in [0.15, 0.2) is 29.2 Å². The number of nitrogens with zero attached hydrogens (tertiary/aromatic N) is 2. The first-order valence-corrected chi connectivity index (χ1v) is 10.6. The third-order valence-corrected chi connectivity index (χ3v) is 7.27. The van der Waals surface area contributed by atoms with E-state index in [1.165, 1.54) is 28.9 Å². The van der Waals surface area contributed by atoms with Gasteiger partial charge in [-0.2, -0.15) is 4.31 Å². The minimum atomic E-state index is -3.73. The van der Waals surface area contributed by atoms with Crippen LogP contribution in [0, 0.1) is 11.7 Å². The second kappa shape index (κ2) is 7.92. The van der Waals surface area contributed by atoms with Crippen molar-refractivity contribution in [1.82, 2.24) is 14.5 Å². The summed E-state index contributed by atoms with van der Waals surface area (Å²) in [7, 11) is -3.73. The van der Waals surface area contributed by atoms with Crippen LogP contribution >= 0.6 is 0 Å². The Bertz CT molecular complexity index is 748. The molecule has 1 aliphatic heterocycles. The Balaban J connectivity index is 1.57. The number of piperazine rings is 1. The molecule has 2 fully saturated rings. The van der Waals surface area contributed by atoms with Gasteiger partial charge in [0.25, 0.3) is 0 Å². The quantitative estimate of drug-likeness (QED) is 0.871. The predicted octanol–water partition coefficient (Wildman–Crippen LogP) is 2.42. The minimum absolute atomic E-state index is 0.0496. The van der Waals surface area contributed by atoms with Crippen molar-refractivity contribution in [2.45, 2.75) is 43.5 Å². The molecule has 1 saturated heterocycles. The van der Waals surface area contributed by atoms with E-state index in [1.54, 1.807) is 4.90 Å². The third-order valence-electron chi connectivity index (χ3n) is 5.38. The first kappa shape index (κ1) is 19.1. The normalized spacial score (nSPS) is 25.1. The molecule has 8 heteroatoms. The van der Waals surface area contributed by atoms with Crippen LogP contribution in [0.2, 0.25) is 0 Å². The van der Waals surface area contributed by atoms with Crippen molar-refractivity contribution in [2.24, 2.45) is 5.92 Å². The molecule has 6 nitrogen and oxygen atoms in total. The molecule has 0 bridgehead atoms. The molecule has 2 atom stereocenters. The van der Waals surface area contributed by atoms with Gasteiger partial charge in [-0.05, 0) is 37.0 Å². The largest absolute Gasteiger partial charge is 0.335 e. The Morgan fingerprint density at radius 2 is 1.85 bits per heavy atom. The lowest BCUT2D eigenvalue weighted by molar-refractivity contribution is 0.161. The summed E-state index contributed by atoms with van der Waals surface area (Å²) >= 11 is 0. The maximum absolute atomic E-state index is 13.3. The summed E-state index contributed by atoms with van der Waals surface area (Å²) < 4.78 is 39.9. The smallest absolute Gasteiger partial charge is 0.317 e. The average Bonchev–Trinajstić information content (AvgIpc) is 2.63. The summed E-state index contributed by atoms with van der Waals surface area (Å²) in [5.41, 5.74) is 0. The Hall–Kier alpha value is -1.67. The van der Waals surface area contributed by atoms with Gasteiger partial charge in [-0.3, -0.25) is 0 Å². The van der Waals surface area contributed by atoms with Crippen molar-refractivity contribution in [1.29, 1.82) is 0 Å². The first-order valence-electron chi connectivity index (χ1n) is 9.19. The highest BCUT2D eigenvalue weighted by Gasteiger charge is 2.31. The summed E-state index contributed by atoms with van der Waals surface area (Å²) in [5.74, 6) is -0.104. The number of hydrogen-bond acceptors (Lipinski definition) is 3. The van der Waals surface area contributed by atoms with E-state index >= 15 is 0 Å². The van der Waals surface area contributed by atoms with Crippen molar-refractivity contribution in [3.8, 4) is 0 Å². The van der Waals surface area contributed by atoms with Crippen LogP contribution in [0.4, 0.5) is 9.18 Å². The van der Waals surface area contributed by atoms with Gasteiger partial charge in [0.15, 0.2) is 0 Å². The van der Waals surface area contributed by atoms with Crippen LogP contribution in [0.3, 0.4) is 0 Å². The standard InChI is InChI=1S/C18H26FN3O3S/c1-14-5-2-3-8-17(14)20-18(23)21-9-11-22(12-10-21)26(24,25)16-7-4-6-15(19)13-16/h4,6-7,13-14,17H,2-3,5,8-12H2,1H3,(H,20,23)/t14-,17+/m0/s1. The van der Waals surface area contributed by atoms with Gasteiger partial charge < -0.3 is 10.2 Å². The maximum Gasteiger partial charge on any atom is 0.317 e. The number of urea groups is 1. The number of rotatable bonds is 3.